The molecule has 0 spiro atoms. The number of nitrogens with one attached hydrogen (secondary N) is 1. The molecule has 3 N–H and O–H groups in total. The Kier molecular flexibility index (Phi) is 4.43. The quantitative estimate of drug-likeness (QED) is 0.594. The van der Waals surface area contributed by atoms with Crippen molar-refractivity contribution in [2.75, 3.05) is 11.9 Å². The normalized spacial score (nSPS) is 11.6. The number of nitro benzene ring substituents is 1. The van der Waals surface area contributed by atoms with Crippen molar-refractivity contribution in [3.8, 4) is 6.07 Å². The third-order valence-electron chi connectivity index (χ3n) is 2.46. The molecule has 0 aliphatic heterocycles. The van der Waals surface area contributed by atoms with Crippen LogP contribution in [0.25, 0.3) is 0 Å². The second-order valence-electron chi connectivity index (χ2n) is 3.59. The Morgan fingerprint density at radius 3 is 2.82 bits per heavy atom. The molecule has 0 aromatic heterocycles. The summed E-state index contributed by atoms with van der Waals surface area (Å²) in [5.74, 6) is 0. The molecule has 0 fully saturated rings. The van der Waals surface area contributed by atoms with E-state index in [-0.39, 0.29) is 17.3 Å². The van der Waals surface area contributed by atoms with E-state index in [0.717, 1.165) is 6.42 Å². The van der Waals surface area contributed by atoms with Gasteiger partial charge in [-0.1, -0.05) is 6.92 Å². The fourth-order valence-electron chi connectivity index (χ4n) is 1.42. The SMILES string of the molecule is CCC(CN)Nc1ccc(C#N)cc1[N+](=O)[O-]. The Labute approximate surface area is 99.2 Å². The van der Waals surface area contributed by atoms with Gasteiger partial charge in [0.2, 0.25) is 0 Å². The zero-order valence-corrected chi connectivity index (χ0v) is 9.51. The third-order valence-corrected chi connectivity index (χ3v) is 2.46. The molecule has 0 heterocycles. The molecule has 0 radical (unpaired) electrons. The number of hydrogen-bond acceptors (Lipinski definition) is 5. The Hall–Kier alpha value is -2.13. The molecule has 0 saturated carbocycles. The fraction of sp³-hybridized carbons (Fsp3) is 0.364. The van der Waals surface area contributed by atoms with Gasteiger partial charge < -0.3 is 11.1 Å². The van der Waals surface area contributed by atoms with E-state index in [2.05, 4.69) is 5.32 Å². The molecular formula is C11H14N4O2. The van der Waals surface area contributed by atoms with Gasteiger partial charge in [-0.2, -0.15) is 5.26 Å². The van der Waals surface area contributed by atoms with Gasteiger partial charge in [0, 0.05) is 18.7 Å². The first-order valence-corrected chi connectivity index (χ1v) is 5.27. The van der Waals surface area contributed by atoms with E-state index in [4.69, 9.17) is 11.0 Å². The number of rotatable bonds is 5. The maximum absolute atomic E-state index is 10.9. The topological polar surface area (TPSA) is 105 Å². The van der Waals surface area contributed by atoms with Crippen molar-refractivity contribution in [1.82, 2.24) is 0 Å². The van der Waals surface area contributed by atoms with Crippen molar-refractivity contribution in [3.63, 3.8) is 0 Å². The van der Waals surface area contributed by atoms with Crippen molar-refractivity contribution in [2.45, 2.75) is 19.4 Å². The van der Waals surface area contributed by atoms with Gasteiger partial charge in [-0.25, -0.2) is 0 Å². The highest BCUT2D eigenvalue weighted by molar-refractivity contribution is 5.64. The van der Waals surface area contributed by atoms with Gasteiger partial charge in [-0.3, -0.25) is 10.1 Å². The zero-order chi connectivity index (χ0) is 12.8. The minimum Gasteiger partial charge on any atom is -0.375 e. The molecule has 0 aliphatic rings. The maximum atomic E-state index is 10.9. The highest BCUT2D eigenvalue weighted by Crippen LogP contribution is 2.26. The van der Waals surface area contributed by atoms with E-state index in [0.29, 0.717) is 12.2 Å². The van der Waals surface area contributed by atoms with Crippen LogP contribution >= 0.6 is 0 Å². The monoisotopic (exact) mass is 234 g/mol. The first-order chi connectivity index (χ1) is 8.12. The second kappa shape index (κ2) is 5.82. The highest BCUT2D eigenvalue weighted by atomic mass is 16.6. The largest absolute Gasteiger partial charge is 0.375 e. The lowest BCUT2D eigenvalue weighted by Gasteiger charge is -2.15. The van der Waals surface area contributed by atoms with E-state index >= 15 is 0 Å². The van der Waals surface area contributed by atoms with Crippen LogP contribution in [0.5, 0.6) is 0 Å². The van der Waals surface area contributed by atoms with Crippen molar-refractivity contribution in [1.29, 1.82) is 5.26 Å². The van der Waals surface area contributed by atoms with Crippen LogP contribution in [0.1, 0.15) is 18.9 Å². The summed E-state index contributed by atoms with van der Waals surface area (Å²) in [6.45, 7) is 2.34. The van der Waals surface area contributed by atoms with Gasteiger partial charge in [-0.15, -0.1) is 0 Å². The zero-order valence-electron chi connectivity index (χ0n) is 9.51. The molecule has 1 rings (SSSR count). The third kappa shape index (κ3) is 3.16. The molecule has 6 heteroatoms. The summed E-state index contributed by atoms with van der Waals surface area (Å²) in [6, 6.07) is 6.19. The number of nitro groups is 1. The second-order valence-corrected chi connectivity index (χ2v) is 3.59. The van der Waals surface area contributed by atoms with E-state index in [1.54, 1.807) is 6.07 Å². The molecule has 1 atom stereocenters. The average molecular weight is 234 g/mol. The van der Waals surface area contributed by atoms with Gasteiger partial charge in [0.25, 0.3) is 5.69 Å². The van der Waals surface area contributed by atoms with Crippen molar-refractivity contribution < 1.29 is 4.92 Å². The molecule has 0 aliphatic carbocycles. The summed E-state index contributed by atoms with van der Waals surface area (Å²) in [4.78, 5) is 10.4. The molecule has 6 nitrogen and oxygen atoms in total. The van der Waals surface area contributed by atoms with Crippen LogP contribution in [-0.4, -0.2) is 17.5 Å². The lowest BCUT2D eigenvalue weighted by Crippen LogP contribution is -2.28. The van der Waals surface area contributed by atoms with Crippen LogP contribution in [0.2, 0.25) is 0 Å². The van der Waals surface area contributed by atoms with Crippen molar-refractivity contribution in [3.05, 3.63) is 33.9 Å². The number of nitriles is 1. The summed E-state index contributed by atoms with van der Waals surface area (Å²) in [6.07, 6.45) is 0.771. The number of anilines is 1. The van der Waals surface area contributed by atoms with Gasteiger partial charge >= 0.3 is 0 Å². The van der Waals surface area contributed by atoms with Gasteiger partial charge in [0.1, 0.15) is 5.69 Å². The summed E-state index contributed by atoms with van der Waals surface area (Å²) >= 11 is 0. The van der Waals surface area contributed by atoms with Crippen LogP contribution < -0.4 is 11.1 Å². The van der Waals surface area contributed by atoms with Crippen LogP contribution in [-0.2, 0) is 0 Å². The van der Waals surface area contributed by atoms with Gasteiger partial charge in [-0.05, 0) is 18.6 Å². The van der Waals surface area contributed by atoms with Crippen LogP contribution in [0, 0.1) is 21.4 Å². The van der Waals surface area contributed by atoms with E-state index in [1.807, 2.05) is 13.0 Å². The number of nitrogens with two attached hydrogens (primary N) is 1. The molecular weight excluding hydrogens is 220 g/mol. The van der Waals surface area contributed by atoms with E-state index in [1.165, 1.54) is 12.1 Å². The van der Waals surface area contributed by atoms with Crippen LogP contribution in [0.15, 0.2) is 18.2 Å². The molecule has 90 valence electrons. The lowest BCUT2D eigenvalue weighted by atomic mass is 10.1. The summed E-state index contributed by atoms with van der Waals surface area (Å²) < 4.78 is 0. The van der Waals surface area contributed by atoms with E-state index < -0.39 is 4.92 Å². The number of nitrogens with zero attached hydrogens (tertiary/aromatic N) is 2. The molecule has 1 aromatic carbocycles. The molecule has 0 saturated heterocycles. The van der Waals surface area contributed by atoms with Crippen LogP contribution in [0.4, 0.5) is 11.4 Å². The van der Waals surface area contributed by atoms with Crippen molar-refractivity contribution >= 4 is 11.4 Å². The Balaban J connectivity index is 3.07. The van der Waals surface area contributed by atoms with Gasteiger partial charge in [0.15, 0.2) is 0 Å². The summed E-state index contributed by atoms with van der Waals surface area (Å²) in [5.41, 5.74) is 6.09. The molecule has 1 unspecified atom stereocenters. The summed E-state index contributed by atoms with van der Waals surface area (Å²) in [5, 5.41) is 22.6. The lowest BCUT2D eigenvalue weighted by molar-refractivity contribution is -0.384. The first-order valence-electron chi connectivity index (χ1n) is 5.27. The standard InChI is InChI=1S/C11H14N4O2/c1-2-9(7-13)14-10-4-3-8(6-12)5-11(10)15(16)17/h3-5,9,14H,2,7,13H2,1H3. The van der Waals surface area contributed by atoms with Crippen molar-refractivity contribution in [2.24, 2.45) is 5.73 Å². The smallest absolute Gasteiger partial charge is 0.293 e. The molecule has 1 aromatic rings. The highest BCUT2D eigenvalue weighted by Gasteiger charge is 2.16. The van der Waals surface area contributed by atoms with Crippen LogP contribution in [0.3, 0.4) is 0 Å². The van der Waals surface area contributed by atoms with E-state index in [9.17, 15) is 10.1 Å². The molecule has 0 bridgehead atoms. The number of benzene rings is 1. The Morgan fingerprint density at radius 1 is 1.65 bits per heavy atom. The predicted molar refractivity (Wildman–Crippen MR) is 64.6 cm³/mol. The first kappa shape index (κ1) is 12.9. The molecule has 17 heavy (non-hydrogen) atoms. The minimum absolute atomic E-state index is 0.0124. The average Bonchev–Trinajstić information content (AvgIpc) is 2.35. The van der Waals surface area contributed by atoms with Gasteiger partial charge in [0.05, 0.1) is 16.6 Å². The predicted octanol–water partition coefficient (Wildman–Crippen LogP) is 1.62. The summed E-state index contributed by atoms with van der Waals surface area (Å²) in [7, 11) is 0. The number of hydrogen-bond donors (Lipinski definition) is 2. The minimum atomic E-state index is -0.508. The Morgan fingerprint density at radius 2 is 2.35 bits per heavy atom. The molecule has 0 amide bonds. The maximum Gasteiger partial charge on any atom is 0.293 e. The Bertz CT molecular complexity index is 449. The fourth-order valence-corrected chi connectivity index (χ4v) is 1.42.